The number of ether oxygens (including phenoxy) is 1. The third-order valence-corrected chi connectivity index (χ3v) is 4.94. The molecule has 6 heteroatoms. The summed E-state index contributed by atoms with van der Waals surface area (Å²) < 4.78 is 46.1. The van der Waals surface area contributed by atoms with E-state index in [9.17, 15) is 12.8 Å². The zero-order valence-electron chi connectivity index (χ0n) is 15.3. The lowest BCUT2D eigenvalue weighted by Crippen LogP contribution is -2.38. The van der Waals surface area contributed by atoms with Crippen LogP contribution in [0.15, 0.2) is 24.3 Å². The molecule has 0 aliphatic heterocycles. The molecule has 1 aromatic rings. The molecule has 0 aliphatic rings. The van der Waals surface area contributed by atoms with Gasteiger partial charge in [0.05, 0.1) is 11.8 Å². The van der Waals surface area contributed by atoms with Crippen molar-refractivity contribution in [2.75, 3.05) is 19.0 Å². The molecule has 0 fully saturated rings. The molecule has 1 unspecified atom stereocenters. The van der Waals surface area contributed by atoms with Gasteiger partial charge in [0.15, 0.2) is 0 Å². The van der Waals surface area contributed by atoms with Gasteiger partial charge < -0.3 is 4.74 Å². The maximum absolute atomic E-state index is 13.1. The van der Waals surface area contributed by atoms with E-state index in [-0.39, 0.29) is 17.0 Å². The Morgan fingerprint density at radius 2 is 1.75 bits per heavy atom. The smallest absolute Gasteiger partial charge is 0.212 e. The fourth-order valence-electron chi connectivity index (χ4n) is 2.31. The van der Waals surface area contributed by atoms with Crippen LogP contribution in [0, 0.1) is 17.2 Å². The Labute approximate surface area is 145 Å². The topological polar surface area (TPSA) is 55.4 Å². The number of sulfonamides is 1. The fourth-order valence-corrected chi connectivity index (χ4v) is 3.77. The third-order valence-electron chi connectivity index (χ3n) is 3.52. The zero-order valence-corrected chi connectivity index (χ0v) is 16.1. The molecule has 24 heavy (non-hydrogen) atoms. The molecule has 4 nitrogen and oxygen atoms in total. The van der Waals surface area contributed by atoms with Gasteiger partial charge in [-0.1, -0.05) is 46.8 Å². The highest BCUT2D eigenvalue weighted by Gasteiger charge is 2.30. The minimum atomic E-state index is -3.45. The average Bonchev–Trinajstić information content (AvgIpc) is 2.44. The largest absolute Gasteiger partial charge is 0.381 e. The van der Waals surface area contributed by atoms with Crippen LogP contribution < -0.4 is 4.72 Å². The first-order valence-electron chi connectivity index (χ1n) is 8.34. The van der Waals surface area contributed by atoms with E-state index >= 15 is 0 Å². The molecule has 0 aromatic heterocycles. The number of rotatable bonds is 9. The van der Waals surface area contributed by atoms with Gasteiger partial charge in [-0.2, -0.15) is 0 Å². The molecule has 1 rings (SSSR count). The van der Waals surface area contributed by atoms with E-state index in [0.717, 1.165) is 5.56 Å². The molecule has 0 heterocycles. The molecule has 0 amide bonds. The van der Waals surface area contributed by atoms with Gasteiger partial charge in [0, 0.05) is 13.2 Å². The van der Waals surface area contributed by atoms with E-state index in [1.165, 1.54) is 12.1 Å². The van der Waals surface area contributed by atoms with Crippen LogP contribution >= 0.6 is 0 Å². The fraction of sp³-hybridized carbons (Fsp3) is 0.667. The second-order valence-corrected chi connectivity index (χ2v) is 9.48. The monoisotopic (exact) mass is 359 g/mol. The summed E-state index contributed by atoms with van der Waals surface area (Å²) in [5, 5.41) is 0. The first kappa shape index (κ1) is 21.1. The van der Waals surface area contributed by atoms with Gasteiger partial charge in [-0.05, 0) is 35.4 Å². The number of nitrogens with one attached hydrogen (secondary N) is 1. The quantitative estimate of drug-likeness (QED) is 0.681. The summed E-state index contributed by atoms with van der Waals surface area (Å²) in [6, 6.07) is 5.53. The summed E-state index contributed by atoms with van der Waals surface area (Å²) in [4.78, 5) is 0. The van der Waals surface area contributed by atoms with Crippen molar-refractivity contribution >= 4 is 10.0 Å². The summed E-state index contributed by atoms with van der Waals surface area (Å²) >= 11 is 0. The lowest BCUT2D eigenvalue weighted by Gasteiger charge is -2.31. The van der Waals surface area contributed by atoms with Crippen LogP contribution in [0.25, 0.3) is 0 Å². The van der Waals surface area contributed by atoms with Crippen molar-refractivity contribution in [2.24, 2.45) is 11.3 Å². The molecular weight excluding hydrogens is 329 g/mol. The average molecular weight is 360 g/mol. The normalized spacial score (nSPS) is 14.1. The van der Waals surface area contributed by atoms with Crippen molar-refractivity contribution in [3.63, 3.8) is 0 Å². The number of benzene rings is 1. The predicted molar refractivity (Wildman–Crippen MR) is 95.8 cm³/mol. The highest BCUT2D eigenvalue weighted by Crippen LogP contribution is 2.33. The van der Waals surface area contributed by atoms with Crippen LogP contribution in [0.3, 0.4) is 0 Å². The Bertz CT molecular complexity index is 592. The van der Waals surface area contributed by atoms with Crippen molar-refractivity contribution in [2.45, 2.75) is 47.1 Å². The minimum absolute atomic E-state index is 0.0128. The van der Waals surface area contributed by atoms with Gasteiger partial charge in [-0.15, -0.1) is 0 Å². The van der Waals surface area contributed by atoms with Gasteiger partial charge in [0.2, 0.25) is 10.0 Å². The van der Waals surface area contributed by atoms with E-state index in [4.69, 9.17) is 4.74 Å². The molecule has 0 saturated carbocycles. The highest BCUT2D eigenvalue weighted by molar-refractivity contribution is 7.89. The van der Waals surface area contributed by atoms with Gasteiger partial charge in [-0.3, -0.25) is 0 Å². The Morgan fingerprint density at radius 1 is 1.17 bits per heavy atom. The molecule has 138 valence electrons. The summed E-state index contributed by atoms with van der Waals surface area (Å²) in [7, 11) is -3.45. The maximum Gasteiger partial charge on any atom is 0.212 e. The van der Waals surface area contributed by atoms with Gasteiger partial charge >= 0.3 is 0 Å². The SMILES string of the molecule is CC(C)COCCCS(=O)(=O)NC(c1ccc(F)cc1)C(C)(C)C. The van der Waals surface area contributed by atoms with Crippen molar-refractivity contribution in [1.82, 2.24) is 4.72 Å². The van der Waals surface area contributed by atoms with Crippen molar-refractivity contribution in [3.05, 3.63) is 35.6 Å². The molecule has 0 spiro atoms. The minimum Gasteiger partial charge on any atom is -0.381 e. The van der Waals surface area contributed by atoms with Crippen molar-refractivity contribution in [3.8, 4) is 0 Å². The second kappa shape index (κ2) is 8.92. The molecule has 0 saturated heterocycles. The summed E-state index contributed by atoms with van der Waals surface area (Å²) in [5.74, 6) is 0.110. The summed E-state index contributed by atoms with van der Waals surface area (Å²) in [6.07, 6.45) is 0.447. The first-order valence-corrected chi connectivity index (χ1v) is 10.00. The Kier molecular flexibility index (Phi) is 7.83. The summed E-state index contributed by atoms with van der Waals surface area (Å²) in [5.41, 5.74) is 0.419. The van der Waals surface area contributed by atoms with Crippen molar-refractivity contribution in [1.29, 1.82) is 0 Å². The van der Waals surface area contributed by atoms with E-state index in [1.54, 1.807) is 12.1 Å². The second-order valence-electron chi connectivity index (χ2n) is 7.61. The highest BCUT2D eigenvalue weighted by atomic mass is 32.2. The molecule has 0 radical (unpaired) electrons. The molecule has 1 N–H and O–H groups in total. The Balaban J connectivity index is 2.70. The van der Waals surface area contributed by atoms with Gasteiger partial charge in [0.1, 0.15) is 5.82 Å². The van der Waals surface area contributed by atoms with E-state index in [2.05, 4.69) is 18.6 Å². The standard InChI is InChI=1S/C18H30FNO3S/c1-14(2)13-23-11-6-12-24(21,22)20-17(18(3,4)5)15-7-9-16(19)10-8-15/h7-10,14,17,20H,6,11-13H2,1-5H3. The predicted octanol–water partition coefficient (Wildman–Crippen LogP) is 3.90. The number of hydrogen-bond acceptors (Lipinski definition) is 3. The van der Waals surface area contributed by atoms with E-state index in [0.29, 0.717) is 25.6 Å². The van der Waals surface area contributed by atoms with Gasteiger partial charge in [-0.25, -0.2) is 17.5 Å². The van der Waals surface area contributed by atoms with E-state index < -0.39 is 16.1 Å². The molecule has 1 aromatic carbocycles. The molecule has 1 atom stereocenters. The number of halogens is 1. The first-order chi connectivity index (χ1) is 11.0. The maximum atomic E-state index is 13.1. The molecular formula is C18H30FNO3S. The molecule has 0 bridgehead atoms. The Hall–Kier alpha value is -0.980. The van der Waals surface area contributed by atoms with Crippen LogP contribution in [0.5, 0.6) is 0 Å². The van der Waals surface area contributed by atoms with Crippen LogP contribution in [-0.4, -0.2) is 27.4 Å². The van der Waals surface area contributed by atoms with Crippen LogP contribution in [0.2, 0.25) is 0 Å². The number of hydrogen-bond donors (Lipinski definition) is 1. The Morgan fingerprint density at radius 3 is 2.25 bits per heavy atom. The van der Waals surface area contributed by atoms with E-state index in [1.807, 2.05) is 20.8 Å². The van der Waals surface area contributed by atoms with Crippen LogP contribution in [-0.2, 0) is 14.8 Å². The van der Waals surface area contributed by atoms with Crippen LogP contribution in [0.4, 0.5) is 4.39 Å². The lowest BCUT2D eigenvalue weighted by atomic mass is 9.83. The molecule has 0 aliphatic carbocycles. The van der Waals surface area contributed by atoms with Crippen molar-refractivity contribution < 1.29 is 17.5 Å². The van der Waals surface area contributed by atoms with Crippen LogP contribution in [0.1, 0.15) is 52.6 Å². The summed E-state index contributed by atoms with van der Waals surface area (Å²) in [6.45, 7) is 11.0. The third kappa shape index (κ3) is 7.73. The zero-order chi connectivity index (χ0) is 18.4. The lowest BCUT2D eigenvalue weighted by molar-refractivity contribution is 0.111. The van der Waals surface area contributed by atoms with Gasteiger partial charge in [0.25, 0.3) is 0 Å².